The van der Waals surface area contributed by atoms with Gasteiger partial charge in [-0.05, 0) is 23.8 Å². The van der Waals surface area contributed by atoms with Crippen molar-refractivity contribution in [3.05, 3.63) is 63.7 Å². The van der Waals surface area contributed by atoms with Crippen LogP contribution >= 0.6 is 12.4 Å². The number of halogens is 1. The Morgan fingerprint density at radius 2 is 2.00 bits per heavy atom. The smallest absolute Gasteiger partial charge is 0.269 e. The lowest BCUT2D eigenvalue weighted by Crippen LogP contribution is -2.11. The highest BCUT2D eigenvalue weighted by atomic mass is 35.5. The third-order valence-corrected chi connectivity index (χ3v) is 2.99. The van der Waals surface area contributed by atoms with Gasteiger partial charge < -0.3 is 15.2 Å². The van der Waals surface area contributed by atoms with E-state index in [9.17, 15) is 10.1 Å². The lowest BCUT2D eigenvalue weighted by molar-refractivity contribution is -0.384. The third kappa shape index (κ3) is 4.58. The van der Waals surface area contributed by atoms with Crippen molar-refractivity contribution in [2.75, 3.05) is 7.11 Å². The average Bonchev–Trinajstić information content (AvgIpc) is 2.52. The molecular weight excluding hydrogens is 322 g/mol. The molecule has 0 atom stereocenters. The molecule has 0 bridgehead atoms. The molecule has 0 spiro atoms. The minimum absolute atomic E-state index is 0. The Morgan fingerprint density at radius 1 is 1.26 bits per heavy atom. The van der Waals surface area contributed by atoms with E-state index < -0.39 is 4.92 Å². The van der Waals surface area contributed by atoms with Crippen LogP contribution in [0.15, 0.2) is 42.5 Å². The Kier molecular flexibility index (Phi) is 6.35. The molecule has 23 heavy (non-hydrogen) atoms. The summed E-state index contributed by atoms with van der Waals surface area (Å²) in [5.74, 6) is 0.848. The zero-order valence-corrected chi connectivity index (χ0v) is 13.1. The van der Waals surface area contributed by atoms with Crippen LogP contribution in [0.4, 0.5) is 5.69 Å². The molecule has 0 aromatic heterocycles. The molecule has 0 saturated carbocycles. The molecule has 0 fully saturated rings. The molecule has 0 unspecified atom stereocenters. The molecule has 0 aliphatic carbocycles. The average molecular weight is 338 g/mol. The summed E-state index contributed by atoms with van der Waals surface area (Å²) in [4.78, 5) is 10.3. The van der Waals surface area contributed by atoms with Gasteiger partial charge >= 0.3 is 0 Å². The lowest BCUT2D eigenvalue weighted by atomic mass is 10.2. The van der Waals surface area contributed by atoms with Gasteiger partial charge in [-0.25, -0.2) is 0 Å². The molecule has 0 saturated heterocycles. The number of rotatable bonds is 6. The summed E-state index contributed by atoms with van der Waals surface area (Å²) in [7, 11) is 1.49. The fourth-order valence-electron chi connectivity index (χ4n) is 1.88. The third-order valence-electron chi connectivity index (χ3n) is 2.99. The standard InChI is InChI=1S/C15H15N3O4.ClH/c1-21-14-8-11(15(16)17)5-6-13(14)22-9-10-3-2-4-12(7-10)18(19)20;/h2-8H,9H2,1H3,(H3,16,17);1H. The van der Waals surface area contributed by atoms with Gasteiger partial charge in [-0.15, -0.1) is 12.4 Å². The number of nitrogens with one attached hydrogen (secondary N) is 1. The van der Waals surface area contributed by atoms with Crippen LogP contribution in [-0.4, -0.2) is 17.9 Å². The second-order valence-corrected chi connectivity index (χ2v) is 4.49. The fourth-order valence-corrected chi connectivity index (χ4v) is 1.88. The second kappa shape index (κ2) is 8.00. The number of nitro groups is 1. The van der Waals surface area contributed by atoms with Crippen molar-refractivity contribution in [3.8, 4) is 11.5 Å². The quantitative estimate of drug-likeness (QED) is 0.364. The molecule has 7 nitrogen and oxygen atoms in total. The van der Waals surface area contributed by atoms with E-state index in [2.05, 4.69) is 0 Å². The van der Waals surface area contributed by atoms with Crippen LogP contribution in [0.2, 0.25) is 0 Å². The molecule has 8 heteroatoms. The van der Waals surface area contributed by atoms with Crippen LogP contribution in [0.3, 0.4) is 0 Å². The number of nitro benzene ring substituents is 1. The maximum atomic E-state index is 10.7. The van der Waals surface area contributed by atoms with Crippen molar-refractivity contribution in [2.24, 2.45) is 5.73 Å². The summed E-state index contributed by atoms with van der Waals surface area (Å²) in [6, 6.07) is 11.1. The predicted octanol–water partition coefficient (Wildman–Crippen LogP) is 2.89. The van der Waals surface area contributed by atoms with Crippen molar-refractivity contribution in [3.63, 3.8) is 0 Å². The Bertz CT molecular complexity index is 722. The van der Waals surface area contributed by atoms with Crippen LogP contribution in [0.25, 0.3) is 0 Å². The molecule has 2 aromatic carbocycles. The number of nitrogens with two attached hydrogens (primary N) is 1. The molecular formula is C15H16ClN3O4. The second-order valence-electron chi connectivity index (χ2n) is 4.49. The van der Waals surface area contributed by atoms with Gasteiger partial charge in [-0.3, -0.25) is 15.5 Å². The van der Waals surface area contributed by atoms with Gasteiger partial charge in [0.2, 0.25) is 0 Å². The normalized spacial score (nSPS) is 9.61. The largest absolute Gasteiger partial charge is 0.493 e. The Balaban J connectivity index is 0.00000264. The molecule has 0 aliphatic heterocycles. The molecule has 0 radical (unpaired) electrons. The number of amidine groups is 1. The molecule has 122 valence electrons. The van der Waals surface area contributed by atoms with Crippen molar-refractivity contribution in [1.82, 2.24) is 0 Å². The Morgan fingerprint density at radius 3 is 2.61 bits per heavy atom. The maximum absolute atomic E-state index is 10.7. The molecule has 0 amide bonds. The van der Waals surface area contributed by atoms with E-state index in [4.69, 9.17) is 20.6 Å². The monoisotopic (exact) mass is 337 g/mol. The van der Waals surface area contributed by atoms with Crippen molar-refractivity contribution >= 4 is 23.9 Å². The van der Waals surface area contributed by atoms with Crippen molar-refractivity contribution in [2.45, 2.75) is 6.61 Å². The van der Waals surface area contributed by atoms with E-state index in [-0.39, 0.29) is 30.5 Å². The summed E-state index contributed by atoms with van der Waals surface area (Å²) in [6.45, 7) is 0.164. The zero-order valence-electron chi connectivity index (χ0n) is 12.3. The number of nitrogens with zero attached hydrogens (tertiary/aromatic N) is 1. The fraction of sp³-hybridized carbons (Fsp3) is 0.133. The van der Waals surface area contributed by atoms with Crippen molar-refractivity contribution in [1.29, 1.82) is 5.41 Å². The van der Waals surface area contributed by atoms with Crippen LogP contribution in [0, 0.1) is 15.5 Å². The molecule has 3 N–H and O–H groups in total. The highest BCUT2D eigenvalue weighted by Crippen LogP contribution is 2.29. The van der Waals surface area contributed by atoms with E-state index in [1.54, 1.807) is 30.3 Å². The number of non-ortho nitro benzene ring substituents is 1. The number of ether oxygens (including phenoxy) is 2. The highest BCUT2D eigenvalue weighted by molar-refractivity contribution is 5.95. The minimum Gasteiger partial charge on any atom is -0.493 e. The van der Waals surface area contributed by atoms with Gasteiger partial charge in [0.15, 0.2) is 11.5 Å². The number of benzene rings is 2. The molecule has 0 heterocycles. The first-order valence-electron chi connectivity index (χ1n) is 6.40. The van der Waals surface area contributed by atoms with Crippen LogP contribution < -0.4 is 15.2 Å². The van der Waals surface area contributed by atoms with Gasteiger partial charge in [0.05, 0.1) is 12.0 Å². The number of hydrogen-bond donors (Lipinski definition) is 2. The van der Waals surface area contributed by atoms with Gasteiger partial charge in [-0.2, -0.15) is 0 Å². The minimum atomic E-state index is -0.453. The molecule has 2 rings (SSSR count). The predicted molar refractivity (Wildman–Crippen MR) is 88.7 cm³/mol. The summed E-state index contributed by atoms with van der Waals surface area (Å²) >= 11 is 0. The van der Waals surface area contributed by atoms with Gasteiger partial charge in [0.1, 0.15) is 12.4 Å². The summed E-state index contributed by atoms with van der Waals surface area (Å²) in [6.07, 6.45) is 0. The molecule has 2 aromatic rings. The van der Waals surface area contributed by atoms with E-state index in [0.29, 0.717) is 22.6 Å². The number of methoxy groups -OCH3 is 1. The van der Waals surface area contributed by atoms with E-state index in [1.807, 2.05) is 0 Å². The van der Waals surface area contributed by atoms with Crippen LogP contribution in [-0.2, 0) is 6.61 Å². The summed E-state index contributed by atoms with van der Waals surface area (Å²) in [5, 5.41) is 18.1. The molecule has 0 aliphatic rings. The highest BCUT2D eigenvalue weighted by Gasteiger charge is 2.09. The topological polar surface area (TPSA) is 111 Å². The number of nitrogen functional groups attached to an aromatic ring is 1. The lowest BCUT2D eigenvalue weighted by Gasteiger charge is -2.12. The Hall–Kier alpha value is -2.80. The van der Waals surface area contributed by atoms with Gasteiger partial charge in [0, 0.05) is 17.7 Å². The zero-order chi connectivity index (χ0) is 16.1. The summed E-state index contributed by atoms with van der Waals surface area (Å²) in [5.41, 5.74) is 6.63. The first kappa shape index (κ1) is 18.2. The first-order valence-corrected chi connectivity index (χ1v) is 6.40. The van der Waals surface area contributed by atoms with E-state index in [0.717, 1.165) is 0 Å². The SMILES string of the molecule is COc1cc(C(=N)N)ccc1OCc1cccc([N+](=O)[O-])c1.Cl. The van der Waals surface area contributed by atoms with E-state index in [1.165, 1.54) is 19.2 Å². The maximum Gasteiger partial charge on any atom is 0.269 e. The van der Waals surface area contributed by atoms with Gasteiger partial charge in [-0.1, -0.05) is 12.1 Å². The van der Waals surface area contributed by atoms with Crippen LogP contribution in [0.5, 0.6) is 11.5 Å². The van der Waals surface area contributed by atoms with Crippen LogP contribution in [0.1, 0.15) is 11.1 Å². The number of hydrogen-bond acceptors (Lipinski definition) is 5. The van der Waals surface area contributed by atoms with E-state index >= 15 is 0 Å². The first-order chi connectivity index (χ1) is 10.5. The Labute approximate surface area is 139 Å². The summed E-state index contributed by atoms with van der Waals surface area (Å²) < 4.78 is 10.8. The van der Waals surface area contributed by atoms with Gasteiger partial charge in [0.25, 0.3) is 5.69 Å². The van der Waals surface area contributed by atoms with Crippen molar-refractivity contribution < 1.29 is 14.4 Å².